The van der Waals surface area contributed by atoms with Gasteiger partial charge in [0.15, 0.2) is 0 Å². The molecule has 0 aliphatic rings. The maximum absolute atomic E-state index is 12.7. The van der Waals surface area contributed by atoms with Crippen molar-refractivity contribution in [3.8, 4) is 17.2 Å². The van der Waals surface area contributed by atoms with Crippen molar-refractivity contribution in [2.24, 2.45) is 0 Å². The number of amides is 2. The maximum atomic E-state index is 12.7. The van der Waals surface area contributed by atoms with E-state index in [0.29, 0.717) is 11.5 Å². The highest BCUT2D eigenvalue weighted by atomic mass is 16.7. The Kier molecular flexibility index (Phi) is 13.1. The van der Waals surface area contributed by atoms with Crippen LogP contribution in [0.3, 0.4) is 0 Å². The third kappa shape index (κ3) is 14.0. The smallest absolute Gasteiger partial charge is 0.497 e. The van der Waals surface area contributed by atoms with Crippen molar-refractivity contribution in [1.29, 1.82) is 0 Å². The average Bonchev–Trinajstić information content (AvgIpc) is 2.92. The van der Waals surface area contributed by atoms with Crippen LogP contribution < -0.4 is 24.8 Å². The molecule has 0 saturated heterocycles. The second kappa shape index (κ2) is 16.2. The normalized spacial score (nSPS) is 12.1. The van der Waals surface area contributed by atoms with Crippen LogP contribution in [0.2, 0.25) is 0 Å². The zero-order valence-corrected chi connectivity index (χ0v) is 26.5. The lowest BCUT2D eigenvalue weighted by Crippen LogP contribution is -2.50. The van der Waals surface area contributed by atoms with E-state index < -0.39 is 47.8 Å². The summed E-state index contributed by atoms with van der Waals surface area (Å²) >= 11 is 0. The standard InChI is InChI=1S/C32H42N2O10/c1-31(2,3)43-27(35)20-26(34-29(37)44-32(4,5)6)28(36)33-15-16-41-30(38)42-23-13-11-21(12-14-23)9-10-22-17-24(39-7)19-25(18-22)40-8/h9-14,17-19,26H,15-16,20H2,1-8H3,(H,33,36)(H,34,37). The number of hydrogen-bond donors (Lipinski definition) is 2. The van der Waals surface area contributed by atoms with E-state index in [2.05, 4.69) is 10.6 Å². The van der Waals surface area contributed by atoms with Gasteiger partial charge in [0.1, 0.15) is 41.1 Å². The summed E-state index contributed by atoms with van der Waals surface area (Å²) in [6.45, 7) is 9.73. The van der Waals surface area contributed by atoms with Gasteiger partial charge in [0.25, 0.3) is 0 Å². The second-order valence-corrected chi connectivity index (χ2v) is 11.5. The second-order valence-electron chi connectivity index (χ2n) is 11.5. The van der Waals surface area contributed by atoms with Crippen LogP contribution >= 0.6 is 0 Å². The predicted octanol–water partition coefficient (Wildman–Crippen LogP) is 5.13. The Balaban J connectivity index is 1.86. The lowest BCUT2D eigenvalue weighted by molar-refractivity contribution is -0.156. The van der Waals surface area contributed by atoms with E-state index in [4.69, 9.17) is 28.4 Å². The van der Waals surface area contributed by atoms with Crippen molar-refractivity contribution in [3.05, 3.63) is 53.6 Å². The first-order chi connectivity index (χ1) is 20.6. The lowest BCUT2D eigenvalue weighted by atomic mass is 10.1. The fraction of sp³-hybridized carbons (Fsp3) is 0.438. The molecule has 44 heavy (non-hydrogen) atoms. The fourth-order valence-corrected chi connectivity index (χ4v) is 3.53. The molecule has 2 amide bonds. The molecule has 0 aromatic heterocycles. The lowest BCUT2D eigenvalue weighted by Gasteiger charge is -2.24. The minimum absolute atomic E-state index is 0.104. The van der Waals surface area contributed by atoms with E-state index in [1.54, 1.807) is 86.1 Å². The van der Waals surface area contributed by atoms with Gasteiger partial charge in [-0.2, -0.15) is 0 Å². The van der Waals surface area contributed by atoms with Crippen molar-refractivity contribution < 1.29 is 47.6 Å². The Hall–Kier alpha value is -4.74. The molecule has 0 saturated carbocycles. The molecule has 2 aromatic rings. The van der Waals surface area contributed by atoms with Crippen LogP contribution in [0.1, 0.15) is 59.1 Å². The molecule has 1 unspecified atom stereocenters. The molecule has 0 fully saturated rings. The molecule has 2 aromatic carbocycles. The largest absolute Gasteiger partial charge is 0.513 e. The third-order valence-electron chi connectivity index (χ3n) is 5.34. The summed E-state index contributed by atoms with van der Waals surface area (Å²) in [6, 6.07) is 11.0. The molecule has 12 nitrogen and oxygen atoms in total. The molecule has 0 aliphatic heterocycles. The number of benzene rings is 2. The van der Waals surface area contributed by atoms with Gasteiger partial charge in [-0.15, -0.1) is 0 Å². The molecule has 1 atom stereocenters. The van der Waals surface area contributed by atoms with Crippen LogP contribution in [0.15, 0.2) is 42.5 Å². The first-order valence-corrected chi connectivity index (χ1v) is 13.9. The number of methoxy groups -OCH3 is 2. The SMILES string of the molecule is COc1cc(C=Cc2ccc(OC(=O)OCCNC(=O)C(CC(=O)OC(C)(C)C)NC(=O)OC(C)(C)C)cc2)cc(OC)c1. The molecule has 0 spiro atoms. The van der Waals surface area contributed by atoms with Crippen LogP contribution in [0.5, 0.6) is 17.2 Å². The molecule has 2 rings (SSSR count). The maximum Gasteiger partial charge on any atom is 0.513 e. The summed E-state index contributed by atoms with van der Waals surface area (Å²) in [6.07, 6.45) is 1.51. The van der Waals surface area contributed by atoms with Crippen LogP contribution in [-0.4, -0.2) is 68.7 Å². The van der Waals surface area contributed by atoms with Crippen LogP contribution in [-0.2, 0) is 23.8 Å². The molecule has 2 N–H and O–H groups in total. The quantitative estimate of drug-likeness (QED) is 0.108. The van der Waals surface area contributed by atoms with E-state index >= 15 is 0 Å². The zero-order chi connectivity index (χ0) is 32.9. The summed E-state index contributed by atoms with van der Waals surface area (Å²) in [5.74, 6) is 0.233. The topological polar surface area (TPSA) is 148 Å². The van der Waals surface area contributed by atoms with Crippen LogP contribution in [0.4, 0.5) is 9.59 Å². The van der Waals surface area contributed by atoms with E-state index in [1.165, 1.54) is 0 Å². The van der Waals surface area contributed by atoms with Gasteiger partial charge in [0.05, 0.1) is 27.2 Å². The zero-order valence-electron chi connectivity index (χ0n) is 26.5. The van der Waals surface area contributed by atoms with Gasteiger partial charge < -0.3 is 39.1 Å². The minimum Gasteiger partial charge on any atom is -0.497 e. The fourth-order valence-electron chi connectivity index (χ4n) is 3.53. The van der Waals surface area contributed by atoms with Gasteiger partial charge in [0.2, 0.25) is 5.91 Å². The van der Waals surface area contributed by atoms with Gasteiger partial charge in [-0.3, -0.25) is 9.59 Å². The van der Waals surface area contributed by atoms with Gasteiger partial charge in [-0.1, -0.05) is 24.3 Å². The summed E-state index contributed by atoms with van der Waals surface area (Å²) in [4.78, 5) is 49.4. The first-order valence-electron chi connectivity index (χ1n) is 13.9. The van der Waals surface area contributed by atoms with E-state index in [-0.39, 0.29) is 18.9 Å². The van der Waals surface area contributed by atoms with E-state index in [9.17, 15) is 19.2 Å². The summed E-state index contributed by atoms with van der Waals surface area (Å²) < 4.78 is 31.2. The molecule has 0 radical (unpaired) electrons. The Morgan fingerprint density at radius 2 is 1.34 bits per heavy atom. The number of nitrogens with one attached hydrogen (secondary N) is 2. The minimum atomic E-state index is -1.27. The molecule has 0 bridgehead atoms. The molecule has 0 aliphatic carbocycles. The van der Waals surface area contributed by atoms with Gasteiger partial charge in [-0.05, 0) is 76.9 Å². The molecule has 0 heterocycles. The monoisotopic (exact) mass is 614 g/mol. The highest BCUT2D eigenvalue weighted by Gasteiger charge is 2.29. The molecule has 12 heteroatoms. The van der Waals surface area contributed by atoms with E-state index in [1.807, 2.05) is 24.3 Å². The Bertz CT molecular complexity index is 1260. The molecule has 240 valence electrons. The summed E-state index contributed by atoms with van der Waals surface area (Å²) in [5.41, 5.74) is 0.152. The average molecular weight is 615 g/mol. The van der Waals surface area contributed by atoms with Crippen molar-refractivity contribution in [2.45, 2.75) is 65.2 Å². The summed E-state index contributed by atoms with van der Waals surface area (Å²) in [7, 11) is 3.16. The molecular weight excluding hydrogens is 572 g/mol. The Morgan fingerprint density at radius 1 is 0.773 bits per heavy atom. The number of esters is 1. The van der Waals surface area contributed by atoms with Crippen LogP contribution in [0.25, 0.3) is 12.2 Å². The number of hydrogen-bond acceptors (Lipinski definition) is 10. The summed E-state index contributed by atoms with van der Waals surface area (Å²) in [5, 5.41) is 4.90. The van der Waals surface area contributed by atoms with E-state index in [0.717, 1.165) is 11.1 Å². The van der Waals surface area contributed by atoms with Gasteiger partial charge >= 0.3 is 18.2 Å². The Morgan fingerprint density at radius 3 is 1.89 bits per heavy atom. The van der Waals surface area contributed by atoms with Crippen molar-refractivity contribution >= 4 is 36.3 Å². The van der Waals surface area contributed by atoms with Crippen molar-refractivity contribution in [3.63, 3.8) is 0 Å². The highest BCUT2D eigenvalue weighted by molar-refractivity contribution is 5.89. The van der Waals surface area contributed by atoms with Crippen LogP contribution in [0, 0.1) is 0 Å². The number of ether oxygens (including phenoxy) is 6. The Labute approximate surface area is 258 Å². The van der Waals surface area contributed by atoms with Crippen molar-refractivity contribution in [1.82, 2.24) is 10.6 Å². The number of carbonyl (C=O) groups excluding carboxylic acids is 4. The molecular formula is C32H42N2O10. The van der Waals surface area contributed by atoms with Gasteiger partial charge in [-0.25, -0.2) is 9.59 Å². The third-order valence-corrected chi connectivity index (χ3v) is 5.34. The van der Waals surface area contributed by atoms with Gasteiger partial charge in [0, 0.05) is 6.07 Å². The number of rotatable bonds is 12. The first kappa shape index (κ1) is 35.5. The number of alkyl carbamates (subject to hydrolysis) is 1. The highest BCUT2D eigenvalue weighted by Crippen LogP contribution is 2.24. The number of carbonyl (C=O) groups is 4. The van der Waals surface area contributed by atoms with Crippen molar-refractivity contribution in [2.75, 3.05) is 27.4 Å². The predicted molar refractivity (Wildman–Crippen MR) is 164 cm³/mol.